The molecular weight excluding hydrogens is 159 g/mol. The van der Waals surface area contributed by atoms with Crippen molar-refractivity contribution in [1.82, 2.24) is 0 Å². The van der Waals surface area contributed by atoms with Gasteiger partial charge in [0.1, 0.15) is 5.83 Å². The summed E-state index contributed by atoms with van der Waals surface area (Å²) < 4.78 is 45.4. The van der Waals surface area contributed by atoms with Gasteiger partial charge in [-0.3, -0.25) is 0 Å². The van der Waals surface area contributed by atoms with E-state index in [0.29, 0.717) is 6.92 Å². The molecule has 0 nitrogen and oxygen atoms in total. The van der Waals surface area contributed by atoms with Gasteiger partial charge in [0, 0.05) is 0 Å². The van der Waals surface area contributed by atoms with E-state index < -0.39 is 17.0 Å². The van der Waals surface area contributed by atoms with Crippen molar-refractivity contribution < 1.29 is 17.6 Å². The second-order valence-corrected chi connectivity index (χ2v) is 1.72. The fourth-order valence-electron chi connectivity index (χ4n) is 0.195. The van der Waals surface area contributed by atoms with Crippen molar-refractivity contribution in [1.29, 1.82) is 0 Å². The Morgan fingerprint density at radius 2 is 1.67 bits per heavy atom. The maximum Gasteiger partial charge on any atom is 0.429 e. The molecule has 0 N–H and O–H groups in total. The second-order valence-electron chi connectivity index (χ2n) is 1.35. The third-order valence-corrected chi connectivity index (χ3v) is 1.03. The molecule has 5 heteroatoms. The molecule has 0 aromatic carbocycles. The molecule has 0 spiro atoms. The van der Waals surface area contributed by atoms with Crippen molar-refractivity contribution >= 4 is 11.6 Å². The maximum absolute atomic E-state index is 11.6. The molecule has 0 fully saturated rings. The molecule has 0 amide bonds. The largest absolute Gasteiger partial charge is 0.429 e. The molecule has 0 heterocycles. The number of halogens is 5. The fourth-order valence-corrected chi connectivity index (χ4v) is 0.195. The number of allylic oxidation sites excluding steroid dienone is 2. The van der Waals surface area contributed by atoms with E-state index in [-0.39, 0.29) is 0 Å². The van der Waals surface area contributed by atoms with Crippen LogP contribution in [0.25, 0.3) is 0 Å². The van der Waals surface area contributed by atoms with Crippen LogP contribution in [0.5, 0.6) is 0 Å². The predicted molar refractivity (Wildman–Crippen MR) is 25.7 cm³/mol. The van der Waals surface area contributed by atoms with E-state index in [4.69, 9.17) is 0 Å². The lowest BCUT2D eigenvalue weighted by molar-refractivity contribution is -0.0861. The van der Waals surface area contributed by atoms with Crippen molar-refractivity contribution in [3.63, 3.8) is 0 Å². The van der Waals surface area contributed by atoms with Crippen LogP contribution in [0.2, 0.25) is 0 Å². The van der Waals surface area contributed by atoms with Gasteiger partial charge in [-0.15, -0.1) is 0 Å². The number of hydrogen-bond acceptors (Lipinski definition) is 0. The zero-order chi connectivity index (χ0) is 7.65. The molecule has 0 rings (SSSR count). The van der Waals surface area contributed by atoms with Crippen LogP contribution in [0, 0.1) is 0 Å². The summed E-state index contributed by atoms with van der Waals surface area (Å²) in [5.74, 6) is -1.41. The molecule has 0 aromatic heterocycles. The van der Waals surface area contributed by atoms with E-state index in [1.165, 1.54) is 0 Å². The molecule has 9 heavy (non-hydrogen) atoms. The average Bonchev–Trinajstić information content (AvgIpc) is 1.62. The molecule has 0 radical (unpaired) electrons. The molecule has 0 unspecified atom stereocenters. The van der Waals surface area contributed by atoms with Gasteiger partial charge in [0.05, 0.1) is 0 Å². The summed E-state index contributed by atoms with van der Waals surface area (Å²) in [6.07, 6.45) is -4.75. The summed E-state index contributed by atoms with van der Waals surface area (Å²) in [5.41, 5.74) is 0. The van der Waals surface area contributed by atoms with Gasteiger partial charge >= 0.3 is 6.18 Å². The minimum Gasteiger partial charge on any atom is -0.211 e. The van der Waals surface area contributed by atoms with Crippen LogP contribution in [-0.2, 0) is 0 Å². The smallest absolute Gasteiger partial charge is 0.211 e. The summed E-state index contributed by atoms with van der Waals surface area (Å²) in [6.45, 7) is 0.649. The molecular formula is C4H3ClF4. The standard InChI is InChI=1S/C4H3ClF4/c1-2(6)3(5)4(7,8)9/h1H3/b3-2+. The van der Waals surface area contributed by atoms with Crippen molar-refractivity contribution in [2.45, 2.75) is 13.1 Å². The van der Waals surface area contributed by atoms with Gasteiger partial charge in [0.25, 0.3) is 0 Å². The Balaban J connectivity index is 4.40. The second kappa shape index (κ2) is 2.56. The first-order valence-corrected chi connectivity index (χ1v) is 2.32. The van der Waals surface area contributed by atoms with Gasteiger partial charge in [-0.05, 0) is 6.92 Å². The number of alkyl halides is 3. The highest BCUT2D eigenvalue weighted by Crippen LogP contribution is 2.31. The van der Waals surface area contributed by atoms with Gasteiger partial charge in [-0.1, -0.05) is 11.6 Å². The molecule has 0 aliphatic rings. The number of hydrogen-bond donors (Lipinski definition) is 0. The van der Waals surface area contributed by atoms with Crippen LogP contribution in [0.4, 0.5) is 17.6 Å². The SMILES string of the molecule is C/C(F)=C(\Cl)C(F)(F)F. The van der Waals surface area contributed by atoms with Crippen LogP contribution in [0.1, 0.15) is 6.92 Å². The topological polar surface area (TPSA) is 0 Å². The van der Waals surface area contributed by atoms with Gasteiger partial charge in [0.2, 0.25) is 0 Å². The number of rotatable bonds is 0. The van der Waals surface area contributed by atoms with Crippen molar-refractivity contribution in [3.8, 4) is 0 Å². The first kappa shape index (κ1) is 8.75. The highest BCUT2D eigenvalue weighted by atomic mass is 35.5. The molecule has 0 aliphatic heterocycles. The highest BCUT2D eigenvalue weighted by molar-refractivity contribution is 6.30. The van der Waals surface area contributed by atoms with Crippen LogP contribution < -0.4 is 0 Å². The maximum atomic E-state index is 11.6. The summed E-state index contributed by atoms with van der Waals surface area (Å²) in [4.78, 5) is 0. The zero-order valence-electron chi connectivity index (χ0n) is 4.39. The lowest BCUT2D eigenvalue weighted by atomic mass is 10.5. The van der Waals surface area contributed by atoms with E-state index in [1.807, 2.05) is 0 Å². The average molecular weight is 163 g/mol. The molecule has 54 valence electrons. The third kappa shape index (κ3) is 2.70. The Morgan fingerprint density at radius 1 is 1.33 bits per heavy atom. The molecule has 0 saturated carbocycles. The van der Waals surface area contributed by atoms with Crippen LogP contribution in [0.3, 0.4) is 0 Å². The molecule has 0 aromatic rings. The van der Waals surface area contributed by atoms with Gasteiger partial charge in [-0.2, -0.15) is 13.2 Å². The van der Waals surface area contributed by atoms with E-state index in [0.717, 1.165) is 0 Å². The van der Waals surface area contributed by atoms with E-state index in [2.05, 4.69) is 11.6 Å². The van der Waals surface area contributed by atoms with Gasteiger partial charge in [-0.25, -0.2) is 4.39 Å². The van der Waals surface area contributed by atoms with Crippen molar-refractivity contribution in [2.75, 3.05) is 0 Å². The first-order valence-electron chi connectivity index (χ1n) is 1.94. The van der Waals surface area contributed by atoms with Crippen molar-refractivity contribution in [2.24, 2.45) is 0 Å². The van der Waals surface area contributed by atoms with Crippen LogP contribution in [0.15, 0.2) is 10.9 Å². The molecule has 0 atom stereocenters. The molecule has 0 saturated heterocycles. The first-order chi connectivity index (χ1) is 3.85. The van der Waals surface area contributed by atoms with Crippen molar-refractivity contribution in [3.05, 3.63) is 10.9 Å². The van der Waals surface area contributed by atoms with E-state index in [9.17, 15) is 17.6 Å². The Labute approximate surface area is 54.1 Å². The quantitative estimate of drug-likeness (QED) is 0.481. The Morgan fingerprint density at radius 3 is 1.67 bits per heavy atom. The zero-order valence-corrected chi connectivity index (χ0v) is 5.15. The lowest BCUT2D eigenvalue weighted by Crippen LogP contribution is -2.07. The lowest BCUT2D eigenvalue weighted by Gasteiger charge is -2.02. The van der Waals surface area contributed by atoms with Gasteiger partial charge < -0.3 is 0 Å². The predicted octanol–water partition coefficient (Wildman–Crippen LogP) is 2.99. The summed E-state index contributed by atoms with van der Waals surface area (Å²) in [7, 11) is 0. The third-order valence-electron chi connectivity index (χ3n) is 0.551. The highest BCUT2D eigenvalue weighted by Gasteiger charge is 2.34. The summed E-state index contributed by atoms with van der Waals surface area (Å²) in [5, 5.41) is -1.69. The Hall–Kier alpha value is -0.250. The minimum absolute atomic E-state index is 0.649. The van der Waals surface area contributed by atoms with Gasteiger partial charge in [0.15, 0.2) is 5.03 Å². The summed E-state index contributed by atoms with van der Waals surface area (Å²) in [6, 6.07) is 0. The Bertz CT molecular complexity index is 130. The Kier molecular flexibility index (Phi) is 2.49. The van der Waals surface area contributed by atoms with E-state index in [1.54, 1.807) is 0 Å². The summed E-state index contributed by atoms with van der Waals surface area (Å²) >= 11 is 4.47. The van der Waals surface area contributed by atoms with Crippen LogP contribution >= 0.6 is 11.6 Å². The normalized spacial score (nSPS) is 15.3. The molecule has 0 aliphatic carbocycles. The monoisotopic (exact) mass is 162 g/mol. The molecule has 0 bridgehead atoms. The minimum atomic E-state index is -4.75. The van der Waals surface area contributed by atoms with E-state index >= 15 is 0 Å². The van der Waals surface area contributed by atoms with Crippen LogP contribution in [-0.4, -0.2) is 6.18 Å². The fraction of sp³-hybridized carbons (Fsp3) is 0.500.